The Morgan fingerprint density at radius 2 is 2.19 bits per heavy atom. The Balaban J connectivity index is 2.46. The van der Waals surface area contributed by atoms with Crippen molar-refractivity contribution in [3.8, 4) is 0 Å². The second kappa shape index (κ2) is 6.99. The van der Waals surface area contributed by atoms with Crippen LogP contribution in [-0.4, -0.2) is 31.6 Å². The quantitative estimate of drug-likeness (QED) is 0.810. The fourth-order valence-corrected chi connectivity index (χ4v) is 1.94. The van der Waals surface area contributed by atoms with Crippen LogP contribution in [0, 0.1) is 5.82 Å². The highest BCUT2D eigenvalue weighted by atomic mass is 79.9. The van der Waals surface area contributed by atoms with E-state index in [-0.39, 0.29) is 5.82 Å². The topological polar surface area (TPSA) is 15.3 Å². The lowest BCUT2D eigenvalue weighted by Gasteiger charge is -2.17. The SMILES string of the molecule is CCNCCN(C)Cc1ccc(F)cc1Br. The molecule has 0 aliphatic heterocycles. The summed E-state index contributed by atoms with van der Waals surface area (Å²) < 4.78 is 13.7. The van der Waals surface area contributed by atoms with Crippen LogP contribution < -0.4 is 5.32 Å². The minimum absolute atomic E-state index is 0.203. The van der Waals surface area contributed by atoms with E-state index in [2.05, 4.69) is 40.1 Å². The van der Waals surface area contributed by atoms with E-state index in [0.29, 0.717) is 0 Å². The van der Waals surface area contributed by atoms with Gasteiger partial charge in [0.2, 0.25) is 0 Å². The van der Waals surface area contributed by atoms with Crippen molar-refractivity contribution in [2.45, 2.75) is 13.5 Å². The Morgan fingerprint density at radius 3 is 2.81 bits per heavy atom. The van der Waals surface area contributed by atoms with Crippen molar-refractivity contribution in [2.24, 2.45) is 0 Å². The van der Waals surface area contributed by atoms with Crippen LogP contribution in [0.15, 0.2) is 22.7 Å². The van der Waals surface area contributed by atoms with Gasteiger partial charge in [0.25, 0.3) is 0 Å². The molecule has 0 aromatic heterocycles. The molecular weight excluding hydrogens is 271 g/mol. The summed E-state index contributed by atoms with van der Waals surface area (Å²) in [4.78, 5) is 2.21. The summed E-state index contributed by atoms with van der Waals surface area (Å²) >= 11 is 3.38. The Morgan fingerprint density at radius 1 is 1.44 bits per heavy atom. The summed E-state index contributed by atoms with van der Waals surface area (Å²) in [6.45, 7) is 5.88. The van der Waals surface area contributed by atoms with Gasteiger partial charge in [-0.05, 0) is 31.3 Å². The molecule has 1 N–H and O–H groups in total. The van der Waals surface area contributed by atoms with Crippen LogP contribution in [0.3, 0.4) is 0 Å². The zero-order chi connectivity index (χ0) is 12.0. The predicted octanol–water partition coefficient (Wildman–Crippen LogP) is 2.63. The molecule has 0 heterocycles. The molecule has 1 aromatic rings. The van der Waals surface area contributed by atoms with Crippen LogP contribution in [0.2, 0.25) is 0 Å². The van der Waals surface area contributed by atoms with Crippen LogP contribution in [0.5, 0.6) is 0 Å². The van der Waals surface area contributed by atoms with Crippen LogP contribution >= 0.6 is 15.9 Å². The Labute approximate surface area is 105 Å². The molecule has 0 fully saturated rings. The maximum Gasteiger partial charge on any atom is 0.124 e. The standard InChI is InChI=1S/C12H18BrFN2/c1-3-15-6-7-16(2)9-10-4-5-11(14)8-12(10)13/h4-5,8,15H,3,6-7,9H2,1-2H3. The van der Waals surface area contributed by atoms with E-state index in [0.717, 1.165) is 36.2 Å². The number of benzene rings is 1. The maximum atomic E-state index is 12.9. The predicted molar refractivity (Wildman–Crippen MR) is 69.0 cm³/mol. The zero-order valence-electron chi connectivity index (χ0n) is 9.76. The number of hydrogen-bond acceptors (Lipinski definition) is 2. The minimum Gasteiger partial charge on any atom is -0.316 e. The Kier molecular flexibility index (Phi) is 5.95. The monoisotopic (exact) mass is 288 g/mol. The summed E-state index contributed by atoms with van der Waals surface area (Å²) in [7, 11) is 2.06. The molecule has 16 heavy (non-hydrogen) atoms. The van der Waals surface area contributed by atoms with Crippen molar-refractivity contribution in [1.29, 1.82) is 0 Å². The molecule has 4 heteroatoms. The maximum absolute atomic E-state index is 12.9. The number of nitrogens with zero attached hydrogens (tertiary/aromatic N) is 1. The Bertz CT molecular complexity index is 331. The summed E-state index contributed by atoms with van der Waals surface area (Å²) in [6.07, 6.45) is 0. The lowest BCUT2D eigenvalue weighted by molar-refractivity contribution is 0.325. The van der Waals surface area contributed by atoms with Crippen LogP contribution in [-0.2, 0) is 6.54 Å². The van der Waals surface area contributed by atoms with Crippen LogP contribution in [0.4, 0.5) is 4.39 Å². The highest BCUT2D eigenvalue weighted by Gasteiger charge is 2.04. The van der Waals surface area contributed by atoms with Gasteiger partial charge in [0.05, 0.1) is 0 Å². The van der Waals surface area contributed by atoms with E-state index in [9.17, 15) is 4.39 Å². The molecule has 0 spiro atoms. The van der Waals surface area contributed by atoms with Gasteiger partial charge in [0.15, 0.2) is 0 Å². The first-order chi connectivity index (χ1) is 7.63. The fraction of sp³-hybridized carbons (Fsp3) is 0.500. The third-order valence-corrected chi connectivity index (χ3v) is 3.11. The molecule has 0 atom stereocenters. The third-order valence-electron chi connectivity index (χ3n) is 2.38. The molecule has 0 amide bonds. The van der Waals surface area contributed by atoms with E-state index >= 15 is 0 Å². The summed E-state index contributed by atoms with van der Waals surface area (Å²) in [5.41, 5.74) is 1.11. The molecule has 0 saturated heterocycles. The summed E-state index contributed by atoms with van der Waals surface area (Å²) in [6, 6.07) is 4.83. The molecule has 0 radical (unpaired) electrons. The average Bonchev–Trinajstić information content (AvgIpc) is 2.23. The van der Waals surface area contributed by atoms with Crippen molar-refractivity contribution in [1.82, 2.24) is 10.2 Å². The molecular formula is C12H18BrFN2. The second-order valence-corrected chi connectivity index (χ2v) is 4.68. The van der Waals surface area contributed by atoms with Gasteiger partial charge in [-0.1, -0.05) is 28.9 Å². The lowest BCUT2D eigenvalue weighted by Crippen LogP contribution is -2.28. The minimum atomic E-state index is -0.203. The molecule has 0 unspecified atom stereocenters. The van der Waals surface area contributed by atoms with Gasteiger partial charge >= 0.3 is 0 Å². The van der Waals surface area contributed by atoms with Crippen molar-refractivity contribution in [3.05, 3.63) is 34.1 Å². The van der Waals surface area contributed by atoms with Crippen molar-refractivity contribution in [3.63, 3.8) is 0 Å². The number of rotatable bonds is 6. The Hall–Kier alpha value is -0.450. The fourth-order valence-electron chi connectivity index (χ4n) is 1.47. The van der Waals surface area contributed by atoms with Gasteiger partial charge in [-0.25, -0.2) is 4.39 Å². The normalized spacial score (nSPS) is 11.1. The number of likely N-dealkylation sites (N-methyl/N-ethyl adjacent to an activating group) is 2. The smallest absolute Gasteiger partial charge is 0.124 e. The molecule has 2 nitrogen and oxygen atoms in total. The first-order valence-corrected chi connectivity index (χ1v) is 6.26. The second-order valence-electron chi connectivity index (χ2n) is 3.83. The van der Waals surface area contributed by atoms with Gasteiger partial charge in [0.1, 0.15) is 5.82 Å². The molecule has 0 aliphatic rings. The molecule has 0 bridgehead atoms. The molecule has 90 valence electrons. The van der Waals surface area contributed by atoms with Crippen molar-refractivity contribution in [2.75, 3.05) is 26.7 Å². The van der Waals surface area contributed by atoms with E-state index < -0.39 is 0 Å². The number of halogens is 2. The number of nitrogens with one attached hydrogen (secondary N) is 1. The average molecular weight is 289 g/mol. The van der Waals surface area contributed by atoms with Crippen molar-refractivity contribution >= 4 is 15.9 Å². The summed E-state index contributed by atoms with van der Waals surface area (Å²) in [5.74, 6) is -0.203. The van der Waals surface area contributed by atoms with Gasteiger partial charge < -0.3 is 10.2 Å². The molecule has 0 aliphatic carbocycles. The van der Waals surface area contributed by atoms with Gasteiger partial charge in [0, 0.05) is 24.1 Å². The molecule has 0 saturated carbocycles. The third kappa shape index (κ3) is 4.60. The highest BCUT2D eigenvalue weighted by Crippen LogP contribution is 2.19. The van der Waals surface area contributed by atoms with Crippen molar-refractivity contribution < 1.29 is 4.39 Å². The first-order valence-electron chi connectivity index (χ1n) is 5.46. The van der Waals surface area contributed by atoms with Crippen LogP contribution in [0.1, 0.15) is 12.5 Å². The van der Waals surface area contributed by atoms with E-state index in [4.69, 9.17) is 0 Å². The first kappa shape index (κ1) is 13.6. The number of hydrogen-bond donors (Lipinski definition) is 1. The molecule has 1 rings (SSSR count). The van der Waals surface area contributed by atoms with Gasteiger partial charge in [-0.2, -0.15) is 0 Å². The zero-order valence-corrected chi connectivity index (χ0v) is 11.3. The van der Waals surface area contributed by atoms with E-state index in [1.54, 1.807) is 0 Å². The molecule has 1 aromatic carbocycles. The highest BCUT2D eigenvalue weighted by molar-refractivity contribution is 9.10. The summed E-state index contributed by atoms with van der Waals surface area (Å²) in [5, 5.41) is 3.28. The van der Waals surface area contributed by atoms with E-state index in [1.165, 1.54) is 12.1 Å². The largest absolute Gasteiger partial charge is 0.316 e. The van der Waals surface area contributed by atoms with Gasteiger partial charge in [-0.3, -0.25) is 0 Å². The van der Waals surface area contributed by atoms with Crippen LogP contribution in [0.25, 0.3) is 0 Å². The van der Waals surface area contributed by atoms with E-state index in [1.807, 2.05) is 6.07 Å². The lowest BCUT2D eigenvalue weighted by atomic mass is 10.2. The van der Waals surface area contributed by atoms with Gasteiger partial charge in [-0.15, -0.1) is 0 Å².